The van der Waals surface area contributed by atoms with Gasteiger partial charge < -0.3 is 14.7 Å². The molecule has 1 fully saturated rings. The highest BCUT2D eigenvalue weighted by Crippen LogP contribution is 2.27. The maximum absolute atomic E-state index is 11.1. The average molecular weight is 265 g/mol. The number of carboxylic acid groups (broad SMARTS) is 1. The van der Waals surface area contributed by atoms with Crippen LogP contribution in [-0.2, 0) is 4.79 Å². The maximum Gasteiger partial charge on any atom is 0.308 e. The van der Waals surface area contributed by atoms with Crippen molar-refractivity contribution in [3.8, 4) is 5.88 Å². The Labute approximate surface area is 112 Å². The van der Waals surface area contributed by atoms with E-state index < -0.39 is 5.97 Å². The Morgan fingerprint density at radius 2 is 2.21 bits per heavy atom. The number of ether oxygens (including phenoxy) is 1. The van der Waals surface area contributed by atoms with Gasteiger partial charge in [0.1, 0.15) is 0 Å². The summed E-state index contributed by atoms with van der Waals surface area (Å²) in [4.78, 5) is 21.5. The second kappa shape index (κ2) is 5.42. The molecule has 104 valence electrons. The number of aromatic nitrogens is 2. The normalized spacial score (nSPS) is 22.8. The fraction of sp³-hybridized carbons (Fsp3) is 0.615. The van der Waals surface area contributed by atoms with Gasteiger partial charge in [0.2, 0.25) is 5.88 Å². The fourth-order valence-electron chi connectivity index (χ4n) is 2.26. The van der Waals surface area contributed by atoms with Crippen LogP contribution in [0.3, 0.4) is 0 Å². The number of rotatable bonds is 4. The summed E-state index contributed by atoms with van der Waals surface area (Å²) in [7, 11) is 0. The highest BCUT2D eigenvalue weighted by atomic mass is 16.5. The van der Waals surface area contributed by atoms with Crippen molar-refractivity contribution >= 4 is 11.8 Å². The van der Waals surface area contributed by atoms with Gasteiger partial charge in [-0.05, 0) is 19.8 Å². The lowest BCUT2D eigenvalue weighted by Crippen LogP contribution is -2.24. The molecule has 0 saturated carbocycles. The molecule has 2 atom stereocenters. The first kappa shape index (κ1) is 13.6. The summed E-state index contributed by atoms with van der Waals surface area (Å²) < 4.78 is 5.50. The van der Waals surface area contributed by atoms with Crippen molar-refractivity contribution in [3.63, 3.8) is 0 Å². The first-order valence-electron chi connectivity index (χ1n) is 6.44. The molecule has 0 bridgehead atoms. The third-order valence-electron chi connectivity index (χ3n) is 3.21. The molecule has 6 nitrogen and oxygen atoms in total. The molecule has 0 aliphatic carbocycles. The van der Waals surface area contributed by atoms with Gasteiger partial charge in [-0.3, -0.25) is 9.78 Å². The minimum absolute atomic E-state index is 0.0359. The number of carbonyl (C=O) groups is 1. The van der Waals surface area contributed by atoms with Crippen LogP contribution in [0.15, 0.2) is 12.4 Å². The van der Waals surface area contributed by atoms with Crippen LogP contribution in [-0.4, -0.2) is 40.2 Å². The molecule has 0 amide bonds. The molecule has 2 rings (SSSR count). The second-order valence-electron chi connectivity index (χ2n) is 5.21. The first-order valence-corrected chi connectivity index (χ1v) is 6.44. The van der Waals surface area contributed by atoms with Crippen molar-refractivity contribution in [1.29, 1.82) is 0 Å². The van der Waals surface area contributed by atoms with Crippen molar-refractivity contribution in [2.24, 2.45) is 11.8 Å². The van der Waals surface area contributed by atoms with E-state index in [4.69, 9.17) is 9.84 Å². The standard InChI is InChI=1S/C13H19N3O3/c1-8(2)19-12-5-14-4-11(15-12)16-6-9(3)10(7-16)13(17)18/h4-5,8-10H,6-7H2,1-3H3,(H,17,18). The van der Waals surface area contributed by atoms with Gasteiger partial charge in [-0.1, -0.05) is 6.92 Å². The van der Waals surface area contributed by atoms with Crippen LogP contribution in [0.1, 0.15) is 20.8 Å². The molecule has 1 aliphatic rings. The number of hydrogen-bond acceptors (Lipinski definition) is 5. The molecule has 1 aromatic heterocycles. The minimum atomic E-state index is -0.752. The van der Waals surface area contributed by atoms with E-state index in [2.05, 4.69) is 9.97 Å². The van der Waals surface area contributed by atoms with Crippen LogP contribution in [0.2, 0.25) is 0 Å². The molecule has 1 N–H and O–H groups in total. The molecule has 6 heteroatoms. The summed E-state index contributed by atoms with van der Waals surface area (Å²) in [6, 6.07) is 0. The third-order valence-corrected chi connectivity index (χ3v) is 3.21. The quantitative estimate of drug-likeness (QED) is 0.887. The van der Waals surface area contributed by atoms with Gasteiger partial charge in [0.25, 0.3) is 0 Å². The second-order valence-corrected chi connectivity index (χ2v) is 5.21. The zero-order chi connectivity index (χ0) is 14.0. The van der Waals surface area contributed by atoms with E-state index in [1.807, 2.05) is 25.7 Å². The first-order chi connectivity index (χ1) is 8.97. The zero-order valence-corrected chi connectivity index (χ0v) is 11.4. The van der Waals surface area contributed by atoms with Crippen molar-refractivity contribution in [1.82, 2.24) is 9.97 Å². The highest BCUT2D eigenvalue weighted by molar-refractivity contribution is 5.72. The lowest BCUT2D eigenvalue weighted by atomic mass is 9.99. The maximum atomic E-state index is 11.1. The molecule has 1 aliphatic heterocycles. The smallest absolute Gasteiger partial charge is 0.308 e. The summed E-state index contributed by atoms with van der Waals surface area (Å²) >= 11 is 0. The van der Waals surface area contributed by atoms with Crippen molar-refractivity contribution < 1.29 is 14.6 Å². The Kier molecular flexibility index (Phi) is 3.87. The van der Waals surface area contributed by atoms with Crippen molar-refractivity contribution in [2.45, 2.75) is 26.9 Å². The van der Waals surface area contributed by atoms with Gasteiger partial charge in [-0.25, -0.2) is 0 Å². The molecule has 0 radical (unpaired) electrons. The Morgan fingerprint density at radius 1 is 1.47 bits per heavy atom. The number of anilines is 1. The largest absolute Gasteiger partial charge is 0.481 e. The topological polar surface area (TPSA) is 75.5 Å². The lowest BCUT2D eigenvalue weighted by Gasteiger charge is -2.17. The third kappa shape index (κ3) is 3.13. The van der Waals surface area contributed by atoms with E-state index in [1.165, 1.54) is 0 Å². The predicted molar refractivity (Wildman–Crippen MR) is 70.3 cm³/mol. The molecule has 2 unspecified atom stereocenters. The lowest BCUT2D eigenvalue weighted by molar-refractivity contribution is -0.142. The molecule has 1 aromatic rings. The van der Waals surface area contributed by atoms with Crippen LogP contribution in [0.4, 0.5) is 5.82 Å². The summed E-state index contributed by atoms with van der Waals surface area (Å²) in [5.74, 6) is 0.149. The van der Waals surface area contributed by atoms with Gasteiger partial charge in [0.05, 0.1) is 24.4 Å². The summed E-state index contributed by atoms with van der Waals surface area (Å²) in [5.41, 5.74) is 0. The van der Waals surface area contributed by atoms with E-state index in [-0.39, 0.29) is 17.9 Å². The van der Waals surface area contributed by atoms with Crippen LogP contribution in [0.25, 0.3) is 0 Å². The Hall–Kier alpha value is -1.85. The van der Waals surface area contributed by atoms with Crippen molar-refractivity contribution in [2.75, 3.05) is 18.0 Å². The average Bonchev–Trinajstić information content (AvgIpc) is 2.71. The molecule has 19 heavy (non-hydrogen) atoms. The Bertz CT molecular complexity index is 464. The van der Waals surface area contributed by atoms with E-state index >= 15 is 0 Å². The highest BCUT2D eigenvalue weighted by Gasteiger charge is 2.35. The van der Waals surface area contributed by atoms with Gasteiger partial charge in [0.15, 0.2) is 5.82 Å². The molecular formula is C13H19N3O3. The number of aliphatic carboxylic acids is 1. The SMILES string of the molecule is CC(C)Oc1cncc(N2CC(C)C(C(=O)O)C2)n1. The van der Waals surface area contributed by atoms with Crippen LogP contribution in [0, 0.1) is 11.8 Å². The monoisotopic (exact) mass is 265 g/mol. The van der Waals surface area contributed by atoms with Gasteiger partial charge >= 0.3 is 5.97 Å². The molecule has 2 heterocycles. The molecule has 1 saturated heterocycles. The molecule has 0 spiro atoms. The van der Waals surface area contributed by atoms with Gasteiger partial charge in [-0.2, -0.15) is 4.98 Å². The summed E-state index contributed by atoms with van der Waals surface area (Å²) in [6.45, 7) is 6.94. The van der Waals surface area contributed by atoms with Gasteiger partial charge in [-0.15, -0.1) is 0 Å². The fourth-order valence-corrected chi connectivity index (χ4v) is 2.26. The van der Waals surface area contributed by atoms with Crippen molar-refractivity contribution in [3.05, 3.63) is 12.4 Å². The van der Waals surface area contributed by atoms with Crippen LogP contribution < -0.4 is 9.64 Å². The summed E-state index contributed by atoms with van der Waals surface area (Å²) in [6.07, 6.45) is 3.25. The van der Waals surface area contributed by atoms with E-state index in [1.54, 1.807) is 12.4 Å². The number of nitrogens with zero attached hydrogens (tertiary/aromatic N) is 3. The van der Waals surface area contributed by atoms with E-state index in [0.29, 0.717) is 24.8 Å². The van der Waals surface area contributed by atoms with E-state index in [9.17, 15) is 4.79 Å². The predicted octanol–water partition coefficient (Wildman–Crippen LogP) is 1.42. The molecular weight excluding hydrogens is 246 g/mol. The summed E-state index contributed by atoms with van der Waals surface area (Å²) in [5, 5.41) is 9.13. The molecule has 0 aromatic carbocycles. The Balaban J connectivity index is 2.13. The van der Waals surface area contributed by atoms with Gasteiger partial charge in [0, 0.05) is 13.1 Å². The zero-order valence-electron chi connectivity index (χ0n) is 11.4. The van der Waals surface area contributed by atoms with Crippen LogP contribution in [0.5, 0.6) is 5.88 Å². The minimum Gasteiger partial charge on any atom is -0.481 e. The van der Waals surface area contributed by atoms with Crippen LogP contribution >= 0.6 is 0 Å². The number of hydrogen-bond donors (Lipinski definition) is 1. The number of carboxylic acids is 1. The Morgan fingerprint density at radius 3 is 2.79 bits per heavy atom. The van der Waals surface area contributed by atoms with E-state index in [0.717, 1.165) is 0 Å².